The lowest BCUT2D eigenvalue weighted by molar-refractivity contribution is -0.122. The van der Waals surface area contributed by atoms with E-state index < -0.39 is 5.69 Å². The van der Waals surface area contributed by atoms with E-state index in [1.807, 2.05) is 78.9 Å². The van der Waals surface area contributed by atoms with Crippen LogP contribution < -0.4 is 11.0 Å². The molecule has 0 saturated carbocycles. The molecule has 1 N–H and O–H groups in total. The molecule has 0 bridgehead atoms. The Hall–Kier alpha value is -4.00. The third-order valence-electron chi connectivity index (χ3n) is 4.75. The van der Waals surface area contributed by atoms with Crippen molar-refractivity contribution in [2.45, 2.75) is 19.0 Å². The molecule has 0 aliphatic heterocycles. The summed E-state index contributed by atoms with van der Waals surface area (Å²) >= 11 is 0. The summed E-state index contributed by atoms with van der Waals surface area (Å²) in [7, 11) is 0. The van der Waals surface area contributed by atoms with Crippen LogP contribution in [0, 0.1) is 0 Å². The minimum absolute atomic E-state index is 0.205. The van der Waals surface area contributed by atoms with Crippen LogP contribution in [0.2, 0.25) is 0 Å². The Morgan fingerprint density at radius 2 is 1.43 bits per heavy atom. The van der Waals surface area contributed by atoms with Crippen molar-refractivity contribution in [1.29, 1.82) is 0 Å². The zero-order valence-electron chi connectivity index (χ0n) is 16.3. The molecule has 0 spiro atoms. The van der Waals surface area contributed by atoms with Crippen LogP contribution in [0.3, 0.4) is 0 Å². The third kappa shape index (κ3) is 4.52. The molecule has 4 aromatic rings. The Morgan fingerprint density at radius 3 is 2.10 bits per heavy atom. The van der Waals surface area contributed by atoms with Gasteiger partial charge in [0.1, 0.15) is 6.54 Å². The average molecular weight is 399 g/mol. The normalized spacial score (nSPS) is 11.7. The Balaban J connectivity index is 1.51. The van der Waals surface area contributed by atoms with E-state index in [9.17, 15) is 9.59 Å². The first-order chi connectivity index (χ1) is 14.7. The van der Waals surface area contributed by atoms with Crippen LogP contribution in [0.5, 0.6) is 0 Å². The van der Waals surface area contributed by atoms with E-state index in [1.165, 1.54) is 4.68 Å². The summed E-state index contributed by atoms with van der Waals surface area (Å²) in [5, 5.41) is 10.8. The summed E-state index contributed by atoms with van der Waals surface area (Å²) in [5.74, 6) is -0.304. The quantitative estimate of drug-likeness (QED) is 0.518. The van der Waals surface area contributed by atoms with Crippen molar-refractivity contribution in [3.05, 3.63) is 113 Å². The van der Waals surface area contributed by atoms with Gasteiger partial charge in [0.05, 0.1) is 11.7 Å². The molecule has 0 saturated heterocycles. The van der Waals surface area contributed by atoms with Gasteiger partial charge in [-0.15, -0.1) is 0 Å². The van der Waals surface area contributed by atoms with Gasteiger partial charge in [-0.2, -0.15) is 9.36 Å². The van der Waals surface area contributed by atoms with E-state index in [-0.39, 0.29) is 18.5 Å². The molecule has 0 radical (unpaired) electrons. The molecule has 150 valence electrons. The molecule has 3 aromatic carbocycles. The standard InChI is InChI=1S/C23H21N5O2/c29-22(17-27-23(30)28(26-25-27)20-14-8-3-9-15-20)24-21(19-12-6-2-7-13-19)16-18-10-4-1-5-11-18/h1-15,21H,16-17H2,(H,24,29)/t21-/m0/s1. The highest BCUT2D eigenvalue weighted by Gasteiger charge is 2.18. The van der Waals surface area contributed by atoms with Crippen molar-refractivity contribution in [2.75, 3.05) is 0 Å². The number of tetrazole rings is 1. The van der Waals surface area contributed by atoms with E-state index in [4.69, 9.17) is 0 Å². The minimum atomic E-state index is -0.462. The van der Waals surface area contributed by atoms with Gasteiger partial charge < -0.3 is 5.32 Å². The van der Waals surface area contributed by atoms with Gasteiger partial charge >= 0.3 is 5.69 Å². The Kier molecular flexibility index (Phi) is 5.80. The summed E-state index contributed by atoms with van der Waals surface area (Å²) in [6.45, 7) is -0.205. The van der Waals surface area contributed by atoms with Crippen molar-refractivity contribution in [1.82, 2.24) is 25.1 Å². The van der Waals surface area contributed by atoms with E-state index in [0.717, 1.165) is 15.8 Å². The molecule has 7 nitrogen and oxygen atoms in total. The summed E-state index contributed by atoms with van der Waals surface area (Å²) in [4.78, 5) is 25.3. The molecule has 0 aliphatic rings. The van der Waals surface area contributed by atoms with Gasteiger partial charge in [0.2, 0.25) is 5.91 Å². The third-order valence-corrected chi connectivity index (χ3v) is 4.75. The van der Waals surface area contributed by atoms with Crippen molar-refractivity contribution < 1.29 is 4.79 Å². The zero-order valence-corrected chi connectivity index (χ0v) is 16.3. The number of carbonyl (C=O) groups excluding carboxylic acids is 1. The highest BCUT2D eigenvalue weighted by molar-refractivity contribution is 5.76. The van der Waals surface area contributed by atoms with E-state index in [2.05, 4.69) is 15.7 Å². The van der Waals surface area contributed by atoms with Gasteiger partial charge in [-0.25, -0.2) is 4.79 Å². The highest BCUT2D eigenvalue weighted by Crippen LogP contribution is 2.18. The molecule has 1 atom stereocenters. The van der Waals surface area contributed by atoms with Gasteiger partial charge in [-0.3, -0.25) is 4.79 Å². The topological polar surface area (TPSA) is 81.8 Å². The van der Waals surface area contributed by atoms with Crippen molar-refractivity contribution in [3.8, 4) is 5.69 Å². The van der Waals surface area contributed by atoms with E-state index >= 15 is 0 Å². The number of rotatable bonds is 7. The van der Waals surface area contributed by atoms with Crippen LogP contribution in [-0.4, -0.2) is 25.7 Å². The highest BCUT2D eigenvalue weighted by atomic mass is 16.2. The van der Waals surface area contributed by atoms with Crippen LogP contribution in [0.15, 0.2) is 95.8 Å². The predicted molar refractivity (Wildman–Crippen MR) is 113 cm³/mol. The van der Waals surface area contributed by atoms with Crippen molar-refractivity contribution >= 4 is 5.91 Å². The van der Waals surface area contributed by atoms with Crippen molar-refractivity contribution in [2.24, 2.45) is 0 Å². The van der Waals surface area contributed by atoms with Gasteiger partial charge in [0.25, 0.3) is 0 Å². The molecule has 1 aromatic heterocycles. The van der Waals surface area contributed by atoms with Gasteiger partial charge in [-0.1, -0.05) is 78.9 Å². The molecular weight excluding hydrogens is 378 g/mol. The number of carbonyl (C=O) groups is 1. The van der Waals surface area contributed by atoms with Gasteiger partial charge in [-0.05, 0) is 40.1 Å². The number of hydrogen-bond acceptors (Lipinski definition) is 4. The van der Waals surface area contributed by atoms with Crippen LogP contribution in [0.1, 0.15) is 17.2 Å². The number of nitrogens with zero attached hydrogens (tertiary/aromatic N) is 4. The molecule has 1 amide bonds. The zero-order chi connectivity index (χ0) is 20.8. The second-order valence-corrected chi connectivity index (χ2v) is 6.89. The van der Waals surface area contributed by atoms with Crippen LogP contribution in [-0.2, 0) is 17.8 Å². The smallest absolute Gasteiger partial charge is 0.347 e. The van der Waals surface area contributed by atoms with Crippen LogP contribution >= 0.6 is 0 Å². The molecule has 30 heavy (non-hydrogen) atoms. The second-order valence-electron chi connectivity index (χ2n) is 6.89. The average Bonchev–Trinajstić information content (AvgIpc) is 3.15. The molecule has 7 heteroatoms. The maximum absolute atomic E-state index is 12.7. The number of aromatic nitrogens is 4. The molecule has 0 aliphatic carbocycles. The fraction of sp³-hybridized carbons (Fsp3) is 0.130. The summed E-state index contributed by atoms with van der Waals surface area (Å²) in [6.07, 6.45) is 0.641. The molecule has 0 unspecified atom stereocenters. The first-order valence-electron chi connectivity index (χ1n) is 9.67. The number of para-hydroxylation sites is 1. The minimum Gasteiger partial charge on any atom is -0.347 e. The van der Waals surface area contributed by atoms with Gasteiger partial charge in [0, 0.05) is 0 Å². The number of nitrogens with one attached hydrogen (secondary N) is 1. The first-order valence-corrected chi connectivity index (χ1v) is 9.67. The Labute approximate surface area is 173 Å². The largest absolute Gasteiger partial charge is 0.368 e. The maximum Gasteiger partial charge on any atom is 0.368 e. The fourth-order valence-corrected chi connectivity index (χ4v) is 3.27. The first kappa shape index (κ1) is 19.3. The lowest BCUT2D eigenvalue weighted by Crippen LogP contribution is -2.36. The number of benzene rings is 3. The Morgan fingerprint density at radius 1 is 0.833 bits per heavy atom. The number of hydrogen-bond donors (Lipinski definition) is 1. The van der Waals surface area contributed by atoms with Crippen LogP contribution in [0.4, 0.5) is 0 Å². The SMILES string of the molecule is O=C(Cn1nnn(-c2ccccc2)c1=O)N[C@@H](Cc1ccccc1)c1ccccc1. The molecule has 1 heterocycles. The molecule has 4 rings (SSSR count). The summed E-state index contributed by atoms with van der Waals surface area (Å²) < 4.78 is 2.23. The lowest BCUT2D eigenvalue weighted by atomic mass is 9.99. The van der Waals surface area contributed by atoms with Gasteiger partial charge in [0.15, 0.2) is 0 Å². The monoisotopic (exact) mass is 399 g/mol. The number of amides is 1. The van der Waals surface area contributed by atoms with Crippen molar-refractivity contribution in [3.63, 3.8) is 0 Å². The fourth-order valence-electron chi connectivity index (χ4n) is 3.27. The van der Waals surface area contributed by atoms with E-state index in [0.29, 0.717) is 12.1 Å². The lowest BCUT2D eigenvalue weighted by Gasteiger charge is -2.19. The molecule has 0 fully saturated rings. The van der Waals surface area contributed by atoms with Crippen LogP contribution in [0.25, 0.3) is 5.69 Å². The maximum atomic E-state index is 12.7. The Bertz CT molecular complexity index is 1150. The van der Waals surface area contributed by atoms with E-state index in [1.54, 1.807) is 12.1 Å². The second kappa shape index (κ2) is 9.00. The predicted octanol–water partition coefficient (Wildman–Crippen LogP) is 2.53. The summed E-state index contributed by atoms with van der Waals surface area (Å²) in [6, 6.07) is 28.5. The molecular formula is C23H21N5O2. The summed E-state index contributed by atoms with van der Waals surface area (Å²) in [5.41, 5.74) is 2.24.